The first-order chi connectivity index (χ1) is 8.13. The van der Waals surface area contributed by atoms with Crippen LogP contribution in [-0.4, -0.2) is 22.8 Å². The van der Waals surface area contributed by atoms with Gasteiger partial charge in [0.25, 0.3) is 0 Å². The molecular weight excluding hydrogens is 228 g/mol. The number of hydrogen-bond acceptors (Lipinski definition) is 3. The zero-order valence-electron chi connectivity index (χ0n) is 9.41. The molecule has 0 spiro atoms. The summed E-state index contributed by atoms with van der Waals surface area (Å²) >= 11 is 0. The van der Waals surface area contributed by atoms with Gasteiger partial charge in [0, 0.05) is 25.3 Å². The molecule has 0 fully saturated rings. The Kier molecular flexibility index (Phi) is 3.23. The Morgan fingerprint density at radius 3 is 2.76 bits per heavy atom. The highest BCUT2D eigenvalue weighted by Crippen LogP contribution is 2.20. The number of imidazole rings is 1. The largest absolute Gasteiger partial charge is 0.380 e. The predicted octanol–water partition coefficient (Wildman–Crippen LogP) is 1.93. The number of nitrogen functional groups attached to an aromatic ring is 1. The molecule has 92 valence electrons. The van der Waals surface area contributed by atoms with Gasteiger partial charge in [-0.05, 0) is 6.92 Å². The zero-order valence-corrected chi connectivity index (χ0v) is 9.41. The monoisotopic (exact) mass is 241 g/mol. The molecule has 0 radical (unpaired) electrons. The van der Waals surface area contributed by atoms with Crippen molar-refractivity contribution in [1.82, 2.24) is 9.55 Å². The lowest BCUT2D eigenvalue weighted by Gasteiger charge is -2.06. The van der Waals surface area contributed by atoms with Gasteiger partial charge in [-0.2, -0.15) is 0 Å². The van der Waals surface area contributed by atoms with Gasteiger partial charge in [-0.15, -0.1) is 0 Å². The fraction of sp³-hybridized carbons (Fsp3) is 0.364. The second kappa shape index (κ2) is 4.67. The van der Waals surface area contributed by atoms with Gasteiger partial charge >= 0.3 is 0 Å². The third-order valence-electron chi connectivity index (χ3n) is 2.48. The fourth-order valence-corrected chi connectivity index (χ4v) is 1.67. The van der Waals surface area contributed by atoms with Gasteiger partial charge < -0.3 is 15.0 Å². The lowest BCUT2D eigenvalue weighted by atomic mass is 10.3. The van der Waals surface area contributed by atoms with Crippen LogP contribution in [0.1, 0.15) is 6.92 Å². The lowest BCUT2D eigenvalue weighted by molar-refractivity contribution is 0.140. The number of rotatable bonds is 4. The SMILES string of the molecule is CCOCCn1c(N)nc2cc(F)c(F)cc21. The van der Waals surface area contributed by atoms with E-state index < -0.39 is 11.6 Å². The minimum atomic E-state index is -0.924. The molecule has 1 aromatic carbocycles. The molecule has 1 heterocycles. The standard InChI is InChI=1S/C11H13F2N3O/c1-2-17-4-3-16-10-6-8(13)7(12)5-9(10)15-11(16)14/h5-6H,2-4H2,1H3,(H2,14,15). The summed E-state index contributed by atoms with van der Waals surface area (Å²) in [5.74, 6) is -1.60. The van der Waals surface area contributed by atoms with Crippen molar-refractivity contribution < 1.29 is 13.5 Å². The Morgan fingerprint density at radius 2 is 2.06 bits per heavy atom. The lowest BCUT2D eigenvalue weighted by Crippen LogP contribution is -2.09. The van der Waals surface area contributed by atoms with Crippen molar-refractivity contribution in [3.05, 3.63) is 23.8 Å². The van der Waals surface area contributed by atoms with Crippen LogP contribution in [0.3, 0.4) is 0 Å². The molecule has 0 saturated carbocycles. The average Bonchev–Trinajstić information content (AvgIpc) is 2.57. The molecule has 0 unspecified atom stereocenters. The average molecular weight is 241 g/mol. The van der Waals surface area contributed by atoms with Crippen LogP contribution in [-0.2, 0) is 11.3 Å². The first-order valence-electron chi connectivity index (χ1n) is 5.32. The first-order valence-corrected chi connectivity index (χ1v) is 5.32. The van der Waals surface area contributed by atoms with E-state index in [2.05, 4.69) is 4.98 Å². The van der Waals surface area contributed by atoms with Gasteiger partial charge in [0.1, 0.15) is 0 Å². The maximum absolute atomic E-state index is 13.1. The van der Waals surface area contributed by atoms with E-state index in [0.717, 1.165) is 12.1 Å². The molecule has 0 aliphatic carbocycles. The Labute approximate surface area is 97.0 Å². The van der Waals surface area contributed by atoms with E-state index in [4.69, 9.17) is 10.5 Å². The maximum atomic E-state index is 13.1. The Hall–Kier alpha value is -1.69. The van der Waals surface area contributed by atoms with Crippen molar-refractivity contribution in [2.75, 3.05) is 18.9 Å². The van der Waals surface area contributed by atoms with E-state index >= 15 is 0 Å². The van der Waals surface area contributed by atoms with Crippen LogP contribution in [0.5, 0.6) is 0 Å². The highest BCUT2D eigenvalue weighted by Gasteiger charge is 2.12. The van der Waals surface area contributed by atoms with Gasteiger partial charge in [-0.3, -0.25) is 0 Å². The van der Waals surface area contributed by atoms with Crippen molar-refractivity contribution in [2.24, 2.45) is 0 Å². The molecule has 2 N–H and O–H groups in total. The fourth-order valence-electron chi connectivity index (χ4n) is 1.67. The van der Waals surface area contributed by atoms with Crippen molar-refractivity contribution in [1.29, 1.82) is 0 Å². The molecular formula is C11H13F2N3O. The zero-order chi connectivity index (χ0) is 12.4. The molecule has 0 saturated heterocycles. The Balaban J connectivity index is 2.40. The maximum Gasteiger partial charge on any atom is 0.201 e. The second-order valence-electron chi connectivity index (χ2n) is 3.57. The summed E-state index contributed by atoms with van der Waals surface area (Å²) in [7, 11) is 0. The number of halogens is 2. The number of ether oxygens (including phenoxy) is 1. The van der Waals surface area contributed by atoms with Crippen LogP contribution in [0, 0.1) is 11.6 Å². The highest BCUT2D eigenvalue weighted by molar-refractivity contribution is 5.78. The van der Waals surface area contributed by atoms with Gasteiger partial charge in [0.05, 0.1) is 17.6 Å². The molecule has 0 atom stereocenters. The third kappa shape index (κ3) is 2.21. The first kappa shape index (κ1) is 11.8. The van der Waals surface area contributed by atoms with Crippen LogP contribution in [0.2, 0.25) is 0 Å². The van der Waals surface area contributed by atoms with Crippen LogP contribution in [0.25, 0.3) is 11.0 Å². The molecule has 17 heavy (non-hydrogen) atoms. The quantitative estimate of drug-likeness (QED) is 0.832. The van der Waals surface area contributed by atoms with E-state index in [-0.39, 0.29) is 5.95 Å². The summed E-state index contributed by atoms with van der Waals surface area (Å²) in [5.41, 5.74) is 6.51. The number of benzene rings is 1. The van der Waals surface area contributed by atoms with Crippen molar-refractivity contribution in [3.63, 3.8) is 0 Å². The number of hydrogen-bond donors (Lipinski definition) is 1. The molecule has 1 aromatic heterocycles. The number of aromatic nitrogens is 2. The molecule has 2 aromatic rings. The summed E-state index contributed by atoms with van der Waals surface area (Å²) in [4.78, 5) is 3.97. The summed E-state index contributed by atoms with van der Waals surface area (Å²) in [5, 5.41) is 0. The summed E-state index contributed by atoms with van der Waals surface area (Å²) in [6.07, 6.45) is 0. The van der Waals surface area contributed by atoms with E-state index in [1.54, 1.807) is 4.57 Å². The molecule has 4 nitrogen and oxygen atoms in total. The van der Waals surface area contributed by atoms with Gasteiger partial charge in [-0.1, -0.05) is 0 Å². The Morgan fingerprint density at radius 1 is 1.35 bits per heavy atom. The van der Waals surface area contributed by atoms with Crippen LogP contribution >= 0.6 is 0 Å². The van der Waals surface area contributed by atoms with Gasteiger partial charge in [0.2, 0.25) is 5.95 Å². The van der Waals surface area contributed by atoms with Crippen molar-refractivity contribution in [2.45, 2.75) is 13.5 Å². The van der Waals surface area contributed by atoms with E-state index in [0.29, 0.717) is 30.8 Å². The van der Waals surface area contributed by atoms with Crippen molar-refractivity contribution in [3.8, 4) is 0 Å². The van der Waals surface area contributed by atoms with Crippen LogP contribution < -0.4 is 5.73 Å². The van der Waals surface area contributed by atoms with Crippen molar-refractivity contribution >= 4 is 17.0 Å². The van der Waals surface area contributed by atoms with E-state index in [1.165, 1.54) is 0 Å². The summed E-state index contributed by atoms with van der Waals surface area (Å²) in [6.45, 7) is 3.38. The predicted molar refractivity (Wildman–Crippen MR) is 60.6 cm³/mol. The summed E-state index contributed by atoms with van der Waals surface area (Å²) in [6, 6.07) is 2.14. The molecule has 0 aliphatic heterocycles. The number of anilines is 1. The topological polar surface area (TPSA) is 53.1 Å². The molecule has 0 aliphatic rings. The van der Waals surface area contributed by atoms with Gasteiger partial charge in [-0.25, -0.2) is 13.8 Å². The number of fused-ring (bicyclic) bond motifs is 1. The van der Waals surface area contributed by atoms with Gasteiger partial charge in [0.15, 0.2) is 11.6 Å². The third-order valence-corrected chi connectivity index (χ3v) is 2.48. The normalized spacial score (nSPS) is 11.2. The second-order valence-corrected chi connectivity index (χ2v) is 3.57. The minimum Gasteiger partial charge on any atom is -0.380 e. The molecule has 0 bridgehead atoms. The van der Waals surface area contributed by atoms with E-state index in [9.17, 15) is 8.78 Å². The number of nitrogens with two attached hydrogens (primary N) is 1. The molecule has 0 amide bonds. The molecule has 6 heteroatoms. The minimum absolute atomic E-state index is 0.227. The molecule has 2 rings (SSSR count). The summed E-state index contributed by atoms with van der Waals surface area (Å²) < 4.78 is 32.9. The van der Waals surface area contributed by atoms with Crippen LogP contribution in [0.4, 0.5) is 14.7 Å². The van der Waals surface area contributed by atoms with Crippen LogP contribution in [0.15, 0.2) is 12.1 Å². The van der Waals surface area contributed by atoms with E-state index in [1.807, 2.05) is 6.92 Å². The smallest absolute Gasteiger partial charge is 0.201 e. The Bertz CT molecular complexity index is 539. The highest BCUT2D eigenvalue weighted by atomic mass is 19.2. The number of nitrogens with zero attached hydrogens (tertiary/aromatic N) is 2.